The standard InChI is InChI=1S/C36H60N6O4/c1-20(2)22(5)32(6)14-15-34(8)23-10-11-27-33(7)18-45-19-36(27,24(23)12-13-35(34,9)28(32)30(43)44)16-26(42-40-31(38)39-41-42)29(33)46-17-25(37)21(3)4/h12,20-23,25-29H,10-11,13-19,37H2,1-9H3,(H2,38,40)(H,43,44)/t22-,23+,25-,26-,27+,28-,29+,32-,33-,34-,35+,36+/m1/s1. The van der Waals surface area contributed by atoms with E-state index in [0.717, 1.165) is 38.5 Å². The second-order valence-electron chi connectivity index (χ2n) is 17.7. The Bertz CT molecular complexity index is 1360. The van der Waals surface area contributed by atoms with Gasteiger partial charge in [0.15, 0.2) is 0 Å². The first-order valence-electron chi connectivity index (χ1n) is 17.9. The molecule has 0 amide bonds. The fourth-order valence-corrected chi connectivity index (χ4v) is 11.9. The van der Waals surface area contributed by atoms with Crippen molar-refractivity contribution in [3.05, 3.63) is 11.6 Å². The van der Waals surface area contributed by atoms with Crippen LogP contribution in [0.15, 0.2) is 11.6 Å². The molecule has 1 saturated heterocycles. The third kappa shape index (κ3) is 4.58. The van der Waals surface area contributed by atoms with Gasteiger partial charge in [0.1, 0.15) is 6.04 Å². The highest BCUT2D eigenvalue weighted by Gasteiger charge is 2.72. The minimum absolute atomic E-state index is 0.0822. The quantitative estimate of drug-likeness (QED) is 0.302. The maximum absolute atomic E-state index is 13.4. The van der Waals surface area contributed by atoms with Crippen molar-refractivity contribution in [3.63, 3.8) is 0 Å². The molecule has 1 aromatic heterocycles. The van der Waals surface area contributed by atoms with Crippen molar-refractivity contribution in [2.45, 2.75) is 119 Å². The van der Waals surface area contributed by atoms with Crippen LogP contribution in [-0.2, 0) is 14.3 Å². The molecule has 46 heavy (non-hydrogen) atoms. The van der Waals surface area contributed by atoms with Crippen molar-refractivity contribution in [2.24, 2.45) is 68.3 Å². The topological polar surface area (TPSA) is 151 Å². The number of carbonyl (C=O) groups is 1. The number of fused-ring (bicyclic) bond motifs is 3. The predicted octanol–water partition coefficient (Wildman–Crippen LogP) is 5.75. The van der Waals surface area contributed by atoms with Gasteiger partial charge in [-0.3, -0.25) is 4.79 Å². The van der Waals surface area contributed by atoms with Gasteiger partial charge in [-0.25, -0.2) is 0 Å². The molecule has 0 spiro atoms. The normalized spacial score (nSPS) is 45.0. The largest absolute Gasteiger partial charge is 0.481 e. The number of rotatable bonds is 8. The number of allylic oxidation sites excluding steroid dienone is 1. The number of carboxylic acid groups (broad SMARTS) is 1. The number of carboxylic acids is 1. The first-order chi connectivity index (χ1) is 21.5. The lowest BCUT2D eigenvalue weighted by atomic mass is 9.34. The zero-order chi connectivity index (χ0) is 33.6. The van der Waals surface area contributed by atoms with E-state index in [9.17, 15) is 9.90 Å². The molecular formula is C36H60N6O4. The molecule has 2 bridgehead atoms. The highest BCUT2D eigenvalue weighted by Crippen LogP contribution is 2.75. The van der Waals surface area contributed by atoms with E-state index in [-0.39, 0.29) is 57.1 Å². The summed E-state index contributed by atoms with van der Waals surface area (Å²) in [4.78, 5) is 15.1. The number of hydrogen-bond acceptors (Lipinski definition) is 8. The molecule has 5 N–H and O–H groups in total. The van der Waals surface area contributed by atoms with Gasteiger partial charge in [0.25, 0.3) is 5.95 Å². The third-order valence-electron chi connectivity index (χ3n) is 15.2. The molecule has 4 fully saturated rings. The summed E-state index contributed by atoms with van der Waals surface area (Å²) in [6.07, 6.45) is 7.87. The Hall–Kier alpha value is -2.04. The van der Waals surface area contributed by atoms with Crippen LogP contribution >= 0.6 is 0 Å². The second kappa shape index (κ2) is 11.3. The maximum atomic E-state index is 13.4. The fourth-order valence-electron chi connectivity index (χ4n) is 11.9. The Morgan fingerprint density at radius 3 is 2.41 bits per heavy atom. The van der Waals surface area contributed by atoms with E-state index in [0.29, 0.717) is 43.5 Å². The lowest BCUT2D eigenvalue weighted by Crippen LogP contribution is -2.69. The number of nitrogens with zero attached hydrogens (tertiary/aromatic N) is 4. The highest BCUT2D eigenvalue weighted by molar-refractivity contribution is 5.73. The summed E-state index contributed by atoms with van der Waals surface area (Å²) in [5.74, 6) is 0.780. The third-order valence-corrected chi connectivity index (χ3v) is 15.2. The van der Waals surface area contributed by atoms with Gasteiger partial charge in [-0.15, -0.1) is 5.10 Å². The van der Waals surface area contributed by atoms with Crippen LogP contribution in [0.25, 0.3) is 0 Å². The summed E-state index contributed by atoms with van der Waals surface area (Å²) >= 11 is 0. The van der Waals surface area contributed by atoms with E-state index >= 15 is 0 Å². The van der Waals surface area contributed by atoms with E-state index in [1.165, 1.54) is 5.57 Å². The van der Waals surface area contributed by atoms with Crippen molar-refractivity contribution in [3.8, 4) is 0 Å². The zero-order valence-corrected chi connectivity index (χ0v) is 29.8. The predicted molar refractivity (Wildman–Crippen MR) is 177 cm³/mol. The Kier molecular flexibility index (Phi) is 8.28. The first-order valence-corrected chi connectivity index (χ1v) is 17.9. The average Bonchev–Trinajstić information content (AvgIpc) is 3.41. The van der Waals surface area contributed by atoms with Gasteiger partial charge in [-0.1, -0.05) is 79.1 Å². The number of ether oxygens (including phenoxy) is 2. The van der Waals surface area contributed by atoms with Crippen molar-refractivity contribution in [2.75, 3.05) is 25.6 Å². The average molecular weight is 641 g/mol. The van der Waals surface area contributed by atoms with Gasteiger partial charge in [-0.2, -0.15) is 4.80 Å². The molecule has 10 heteroatoms. The van der Waals surface area contributed by atoms with Gasteiger partial charge < -0.3 is 26.0 Å². The molecule has 0 aromatic carbocycles. The van der Waals surface area contributed by atoms with Crippen LogP contribution in [0, 0.1) is 62.6 Å². The van der Waals surface area contributed by atoms with Gasteiger partial charge in [0.05, 0.1) is 31.8 Å². The molecule has 6 rings (SSSR count). The molecular weight excluding hydrogens is 580 g/mol. The number of aliphatic carboxylic acids is 1. The summed E-state index contributed by atoms with van der Waals surface area (Å²) in [6, 6.07) is -0.260. The molecule has 4 aliphatic carbocycles. The lowest BCUT2D eigenvalue weighted by Gasteiger charge is -2.71. The molecule has 0 unspecified atom stereocenters. The van der Waals surface area contributed by atoms with E-state index in [1.807, 2.05) is 0 Å². The minimum atomic E-state index is -0.632. The molecule has 1 aromatic rings. The smallest absolute Gasteiger partial charge is 0.307 e. The SMILES string of the molecule is CC(C)[C@H](N)CO[C@H]1[C@H](n2nnc(N)n2)C[C@@]23COC[C@]1(C)[C@@H]2CC[C@H]1C3=CC[C@@]2(C)[C@H](C(=O)O)[C@@](C)([C@H](C)C(C)C)CC[C@]12C. The number of anilines is 1. The van der Waals surface area contributed by atoms with Crippen molar-refractivity contribution < 1.29 is 19.4 Å². The van der Waals surface area contributed by atoms with Crippen molar-refractivity contribution in [1.29, 1.82) is 0 Å². The van der Waals surface area contributed by atoms with Crippen LogP contribution in [0.2, 0.25) is 0 Å². The fraction of sp³-hybridized carbons (Fsp3) is 0.889. The van der Waals surface area contributed by atoms with Crippen molar-refractivity contribution >= 4 is 11.9 Å². The van der Waals surface area contributed by atoms with Gasteiger partial charge in [0.2, 0.25) is 0 Å². The van der Waals surface area contributed by atoms with Crippen molar-refractivity contribution in [1.82, 2.24) is 20.2 Å². The zero-order valence-electron chi connectivity index (χ0n) is 29.8. The van der Waals surface area contributed by atoms with Crippen LogP contribution in [0.5, 0.6) is 0 Å². The Labute approximate surface area is 275 Å². The molecule has 5 aliphatic rings. The Morgan fingerprint density at radius 1 is 1.09 bits per heavy atom. The summed E-state index contributed by atoms with van der Waals surface area (Å²) in [7, 11) is 0. The highest BCUT2D eigenvalue weighted by atomic mass is 16.5. The summed E-state index contributed by atoms with van der Waals surface area (Å²) in [5.41, 5.74) is 12.7. The molecule has 10 nitrogen and oxygen atoms in total. The van der Waals surface area contributed by atoms with E-state index < -0.39 is 11.9 Å². The number of nitrogens with two attached hydrogens (primary N) is 2. The lowest BCUT2D eigenvalue weighted by molar-refractivity contribution is -0.252. The van der Waals surface area contributed by atoms with Gasteiger partial charge in [0, 0.05) is 16.9 Å². The van der Waals surface area contributed by atoms with Crippen LogP contribution in [0.4, 0.5) is 5.95 Å². The minimum Gasteiger partial charge on any atom is -0.481 e. The molecule has 0 radical (unpaired) electrons. The Balaban J connectivity index is 1.44. The van der Waals surface area contributed by atoms with Gasteiger partial charge >= 0.3 is 5.97 Å². The summed E-state index contributed by atoms with van der Waals surface area (Å²) in [5, 5.41) is 24.0. The molecule has 12 atom stereocenters. The second-order valence-corrected chi connectivity index (χ2v) is 17.7. The first kappa shape index (κ1) is 33.8. The molecule has 3 saturated carbocycles. The molecule has 2 heterocycles. The van der Waals surface area contributed by atoms with Crippen LogP contribution in [-0.4, -0.2) is 63.2 Å². The van der Waals surface area contributed by atoms with E-state index in [1.54, 1.807) is 4.80 Å². The van der Waals surface area contributed by atoms with Crippen LogP contribution in [0.3, 0.4) is 0 Å². The summed E-state index contributed by atoms with van der Waals surface area (Å²) in [6.45, 7) is 22.0. The molecule has 258 valence electrons. The number of nitrogen functional groups attached to an aromatic ring is 1. The number of hydrogen-bond donors (Lipinski definition) is 3. The monoisotopic (exact) mass is 640 g/mol. The summed E-state index contributed by atoms with van der Waals surface area (Å²) < 4.78 is 13.5. The number of aromatic nitrogens is 4. The van der Waals surface area contributed by atoms with Crippen LogP contribution in [0.1, 0.15) is 107 Å². The van der Waals surface area contributed by atoms with Crippen LogP contribution < -0.4 is 11.5 Å². The Morgan fingerprint density at radius 2 is 1.80 bits per heavy atom. The number of tetrazole rings is 1. The maximum Gasteiger partial charge on any atom is 0.307 e. The molecule has 1 aliphatic heterocycles. The van der Waals surface area contributed by atoms with E-state index in [2.05, 4.69) is 83.8 Å². The van der Waals surface area contributed by atoms with E-state index in [4.69, 9.17) is 20.9 Å². The van der Waals surface area contributed by atoms with Gasteiger partial charge in [-0.05, 0) is 89.6 Å².